The highest BCUT2D eigenvalue weighted by atomic mass is 16.5. The molecule has 160 valence electrons. The molecule has 0 atom stereocenters. The maximum atomic E-state index is 13.2. The molecule has 0 aliphatic rings. The van der Waals surface area contributed by atoms with Crippen LogP contribution < -0.4 is 15.7 Å². The number of benzene rings is 3. The predicted molar refractivity (Wildman–Crippen MR) is 121 cm³/mol. The fourth-order valence-corrected chi connectivity index (χ4v) is 3.68. The summed E-state index contributed by atoms with van der Waals surface area (Å²) in [6.07, 6.45) is 0. The summed E-state index contributed by atoms with van der Waals surface area (Å²) in [5.41, 5.74) is 3.55. The Labute approximate surface area is 182 Å². The summed E-state index contributed by atoms with van der Waals surface area (Å²) in [6, 6.07) is 16.6. The first kappa shape index (κ1) is 19.6. The number of nitrogens with one attached hydrogen (secondary N) is 3. The highest BCUT2D eigenvalue weighted by Gasteiger charge is 2.17. The molecule has 0 unspecified atom stereocenters. The summed E-state index contributed by atoms with van der Waals surface area (Å²) < 4.78 is 11.3. The van der Waals surface area contributed by atoms with Gasteiger partial charge in [0.1, 0.15) is 18.1 Å². The molecule has 0 fully saturated rings. The van der Waals surface area contributed by atoms with E-state index < -0.39 is 0 Å². The molecule has 8 heteroatoms. The summed E-state index contributed by atoms with van der Waals surface area (Å²) in [5, 5.41) is 8.74. The molecule has 8 nitrogen and oxygen atoms in total. The third-order valence-corrected chi connectivity index (χ3v) is 5.42. The van der Waals surface area contributed by atoms with E-state index in [2.05, 4.69) is 20.4 Å². The lowest BCUT2D eigenvalue weighted by Gasteiger charge is -2.13. The number of fused-ring (bicyclic) bond motifs is 2. The standard InChI is InChI=1S/C24H20N4O4/c1-13-19(14(2)32-28-13)12-31-22-10-16-6-4-3-5-15(16)9-18(22)23(29)25-17-7-8-20-21(11-17)27-24(30)26-20/h3-11H,12H2,1-2H3,(H,25,29)(H2,26,27,30). The van der Waals surface area contributed by atoms with Crippen LogP contribution in [0.4, 0.5) is 5.69 Å². The molecule has 2 heterocycles. The van der Waals surface area contributed by atoms with Gasteiger partial charge in [0.2, 0.25) is 0 Å². The lowest BCUT2D eigenvalue weighted by molar-refractivity contribution is 0.102. The molecule has 3 aromatic carbocycles. The van der Waals surface area contributed by atoms with Gasteiger partial charge in [0.05, 0.1) is 27.9 Å². The van der Waals surface area contributed by atoms with E-state index in [1.54, 1.807) is 18.2 Å². The van der Waals surface area contributed by atoms with Gasteiger partial charge < -0.3 is 24.5 Å². The zero-order valence-electron chi connectivity index (χ0n) is 17.5. The molecule has 0 radical (unpaired) electrons. The van der Waals surface area contributed by atoms with Crippen LogP contribution in [-0.2, 0) is 6.61 Å². The third-order valence-electron chi connectivity index (χ3n) is 5.42. The number of aromatic amines is 2. The fourth-order valence-electron chi connectivity index (χ4n) is 3.68. The van der Waals surface area contributed by atoms with Gasteiger partial charge in [0.15, 0.2) is 0 Å². The second-order valence-electron chi connectivity index (χ2n) is 7.58. The monoisotopic (exact) mass is 428 g/mol. The van der Waals surface area contributed by atoms with Crippen molar-refractivity contribution in [2.75, 3.05) is 5.32 Å². The summed E-state index contributed by atoms with van der Waals surface area (Å²) >= 11 is 0. The SMILES string of the molecule is Cc1noc(C)c1COc1cc2ccccc2cc1C(=O)Nc1ccc2[nH]c(=O)[nH]c2c1. The first-order valence-electron chi connectivity index (χ1n) is 10.1. The van der Waals surface area contributed by atoms with Crippen molar-refractivity contribution in [3.05, 3.63) is 87.7 Å². The quantitative estimate of drug-likeness (QED) is 0.383. The number of anilines is 1. The first-order chi connectivity index (χ1) is 15.5. The number of ether oxygens (including phenoxy) is 1. The minimum Gasteiger partial charge on any atom is -0.488 e. The molecule has 0 aliphatic carbocycles. The first-order valence-corrected chi connectivity index (χ1v) is 10.1. The summed E-state index contributed by atoms with van der Waals surface area (Å²) in [7, 11) is 0. The Bertz CT molecular complexity index is 1510. The van der Waals surface area contributed by atoms with Gasteiger partial charge in [0, 0.05) is 5.69 Å². The summed E-state index contributed by atoms with van der Waals surface area (Å²) in [6.45, 7) is 3.91. The van der Waals surface area contributed by atoms with E-state index in [1.165, 1.54) is 0 Å². The second-order valence-corrected chi connectivity index (χ2v) is 7.58. The van der Waals surface area contributed by atoms with Crippen molar-refractivity contribution >= 4 is 33.4 Å². The van der Waals surface area contributed by atoms with Crippen LogP contribution in [0, 0.1) is 13.8 Å². The van der Waals surface area contributed by atoms with Crippen molar-refractivity contribution < 1.29 is 14.1 Å². The van der Waals surface area contributed by atoms with Crippen molar-refractivity contribution in [1.29, 1.82) is 0 Å². The van der Waals surface area contributed by atoms with E-state index in [1.807, 2.05) is 50.2 Å². The van der Waals surface area contributed by atoms with Gasteiger partial charge in [-0.25, -0.2) is 4.79 Å². The number of imidazole rings is 1. The van der Waals surface area contributed by atoms with Crippen LogP contribution in [0.25, 0.3) is 21.8 Å². The molecule has 0 saturated heterocycles. The van der Waals surface area contributed by atoms with Gasteiger partial charge in [-0.1, -0.05) is 29.4 Å². The molecular formula is C24H20N4O4. The van der Waals surface area contributed by atoms with Gasteiger partial charge in [-0.15, -0.1) is 0 Å². The Balaban J connectivity index is 1.49. The average Bonchev–Trinajstić information content (AvgIpc) is 3.31. The van der Waals surface area contributed by atoms with Crippen molar-refractivity contribution in [3.8, 4) is 5.75 Å². The number of rotatable bonds is 5. The zero-order valence-corrected chi connectivity index (χ0v) is 17.5. The van der Waals surface area contributed by atoms with Gasteiger partial charge in [0.25, 0.3) is 5.91 Å². The molecule has 0 saturated carbocycles. The van der Waals surface area contributed by atoms with Crippen LogP contribution in [0.1, 0.15) is 27.4 Å². The molecule has 2 aromatic heterocycles. The average molecular weight is 428 g/mol. The Morgan fingerprint density at radius 2 is 1.78 bits per heavy atom. The number of aromatic nitrogens is 3. The highest BCUT2D eigenvalue weighted by molar-refractivity contribution is 6.09. The number of hydrogen-bond acceptors (Lipinski definition) is 5. The molecule has 3 N–H and O–H groups in total. The molecule has 5 rings (SSSR count). The smallest absolute Gasteiger partial charge is 0.323 e. The molecule has 32 heavy (non-hydrogen) atoms. The molecule has 1 amide bonds. The number of nitrogens with zero attached hydrogens (tertiary/aromatic N) is 1. The number of aryl methyl sites for hydroxylation is 2. The van der Waals surface area contributed by atoms with Crippen LogP contribution in [-0.4, -0.2) is 21.0 Å². The van der Waals surface area contributed by atoms with E-state index in [9.17, 15) is 9.59 Å². The van der Waals surface area contributed by atoms with Crippen LogP contribution >= 0.6 is 0 Å². The van der Waals surface area contributed by atoms with Crippen LogP contribution in [0.3, 0.4) is 0 Å². The third kappa shape index (κ3) is 3.62. The second kappa shape index (κ2) is 7.73. The molecular weight excluding hydrogens is 408 g/mol. The number of hydrogen-bond donors (Lipinski definition) is 3. The maximum absolute atomic E-state index is 13.2. The Morgan fingerprint density at radius 1 is 1.03 bits per heavy atom. The van der Waals surface area contributed by atoms with Crippen LogP contribution in [0.5, 0.6) is 5.75 Å². The van der Waals surface area contributed by atoms with Crippen molar-refractivity contribution in [1.82, 2.24) is 15.1 Å². The number of amides is 1. The van der Waals surface area contributed by atoms with E-state index in [-0.39, 0.29) is 18.2 Å². The van der Waals surface area contributed by atoms with Crippen molar-refractivity contribution in [2.45, 2.75) is 20.5 Å². The predicted octanol–water partition coefficient (Wildman–Crippen LogP) is 4.45. The summed E-state index contributed by atoms with van der Waals surface area (Å²) in [5.74, 6) is 0.821. The lowest BCUT2D eigenvalue weighted by atomic mass is 10.0. The Morgan fingerprint density at radius 3 is 2.53 bits per heavy atom. The van der Waals surface area contributed by atoms with Gasteiger partial charge >= 0.3 is 5.69 Å². The summed E-state index contributed by atoms with van der Waals surface area (Å²) in [4.78, 5) is 30.1. The van der Waals surface area contributed by atoms with Crippen molar-refractivity contribution in [2.24, 2.45) is 0 Å². The minimum absolute atomic E-state index is 0.232. The van der Waals surface area contributed by atoms with Gasteiger partial charge in [-0.3, -0.25) is 4.79 Å². The van der Waals surface area contributed by atoms with E-state index >= 15 is 0 Å². The maximum Gasteiger partial charge on any atom is 0.323 e. The van der Waals surface area contributed by atoms with E-state index in [4.69, 9.17) is 9.26 Å². The van der Waals surface area contributed by atoms with E-state index in [0.29, 0.717) is 33.8 Å². The largest absolute Gasteiger partial charge is 0.488 e. The topological polar surface area (TPSA) is 113 Å². The molecule has 0 spiro atoms. The minimum atomic E-state index is -0.318. The van der Waals surface area contributed by atoms with Crippen molar-refractivity contribution in [3.63, 3.8) is 0 Å². The number of carbonyl (C=O) groups excluding carboxylic acids is 1. The number of carbonyl (C=O) groups is 1. The molecule has 0 bridgehead atoms. The normalized spacial score (nSPS) is 11.2. The van der Waals surface area contributed by atoms with Crippen LogP contribution in [0.2, 0.25) is 0 Å². The zero-order chi connectivity index (χ0) is 22.2. The van der Waals surface area contributed by atoms with Crippen LogP contribution in [0.15, 0.2) is 63.9 Å². The van der Waals surface area contributed by atoms with Gasteiger partial charge in [-0.2, -0.15) is 0 Å². The van der Waals surface area contributed by atoms with E-state index in [0.717, 1.165) is 22.0 Å². The number of H-pyrrole nitrogens is 2. The molecule has 0 aliphatic heterocycles. The highest BCUT2D eigenvalue weighted by Crippen LogP contribution is 2.29. The Kier molecular flexibility index (Phi) is 4.74. The Hall–Kier alpha value is -4.33. The lowest BCUT2D eigenvalue weighted by Crippen LogP contribution is -2.14. The van der Waals surface area contributed by atoms with Gasteiger partial charge in [-0.05, 0) is 55.0 Å². The molecule has 5 aromatic rings. The fraction of sp³-hybridized carbons (Fsp3) is 0.125.